The molecule has 0 saturated heterocycles. The lowest BCUT2D eigenvalue weighted by molar-refractivity contribution is -0.125. The van der Waals surface area contributed by atoms with Crippen LogP contribution in [-0.2, 0) is 11.2 Å². The predicted molar refractivity (Wildman–Crippen MR) is 86.2 cm³/mol. The summed E-state index contributed by atoms with van der Waals surface area (Å²) >= 11 is 0. The Balaban J connectivity index is 1.85. The van der Waals surface area contributed by atoms with Crippen LogP contribution >= 0.6 is 0 Å². The van der Waals surface area contributed by atoms with Gasteiger partial charge < -0.3 is 0 Å². The lowest BCUT2D eigenvalue weighted by Gasteiger charge is -2.34. The van der Waals surface area contributed by atoms with E-state index in [1.165, 1.54) is 11.1 Å². The zero-order valence-corrected chi connectivity index (χ0v) is 12.5. The van der Waals surface area contributed by atoms with Gasteiger partial charge in [0.05, 0.1) is 0 Å². The Kier molecular flexibility index (Phi) is 4.19. The van der Waals surface area contributed by atoms with Crippen LogP contribution in [0, 0.1) is 11.8 Å². The summed E-state index contributed by atoms with van der Waals surface area (Å²) in [6.07, 6.45) is 2.77. The lowest BCUT2D eigenvalue weighted by atomic mass is 9.69. The van der Waals surface area contributed by atoms with Gasteiger partial charge in [-0.2, -0.15) is 0 Å². The van der Waals surface area contributed by atoms with Crippen LogP contribution in [-0.4, -0.2) is 5.78 Å². The van der Waals surface area contributed by atoms with Crippen molar-refractivity contribution >= 4 is 5.78 Å². The molecule has 0 spiro atoms. The number of Topliss-reactive ketones (excluding diaryl/α,β-unsaturated/α-hetero) is 1. The first-order valence-corrected chi connectivity index (χ1v) is 7.85. The molecule has 108 valence electrons. The molecule has 1 fully saturated rings. The van der Waals surface area contributed by atoms with Crippen LogP contribution < -0.4 is 0 Å². The van der Waals surface area contributed by atoms with Crippen LogP contribution in [0.5, 0.6) is 0 Å². The van der Waals surface area contributed by atoms with E-state index in [1.54, 1.807) is 0 Å². The van der Waals surface area contributed by atoms with Crippen molar-refractivity contribution < 1.29 is 4.79 Å². The number of hydrogen-bond acceptors (Lipinski definition) is 1. The molecule has 21 heavy (non-hydrogen) atoms. The van der Waals surface area contributed by atoms with E-state index >= 15 is 0 Å². The Labute approximate surface area is 127 Å². The molecule has 1 saturated carbocycles. The summed E-state index contributed by atoms with van der Waals surface area (Å²) in [6.45, 7) is 2.08. The molecule has 0 radical (unpaired) electrons. The molecule has 1 unspecified atom stereocenters. The van der Waals surface area contributed by atoms with Crippen molar-refractivity contribution in [1.82, 2.24) is 0 Å². The molecule has 0 heterocycles. The summed E-state index contributed by atoms with van der Waals surface area (Å²) in [5.74, 6) is 1.56. The van der Waals surface area contributed by atoms with Crippen molar-refractivity contribution in [2.45, 2.75) is 32.1 Å². The highest BCUT2D eigenvalue weighted by molar-refractivity contribution is 5.82. The van der Waals surface area contributed by atoms with Crippen LogP contribution in [0.1, 0.15) is 36.8 Å². The van der Waals surface area contributed by atoms with Crippen molar-refractivity contribution in [3.63, 3.8) is 0 Å². The van der Waals surface area contributed by atoms with E-state index in [9.17, 15) is 4.79 Å². The zero-order valence-electron chi connectivity index (χ0n) is 12.5. The van der Waals surface area contributed by atoms with Gasteiger partial charge in [0.2, 0.25) is 0 Å². The quantitative estimate of drug-likeness (QED) is 0.800. The molecule has 2 aromatic carbocycles. The largest absolute Gasteiger partial charge is 0.299 e. The average Bonchev–Trinajstić information content (AvgIpc) is 2.52. The predicted octanol–water partition coefficient (Wildman–Crippen LogP) is 4.63. The van der Waals surface area contributed by atoms with Crippen molar-refractivity contribution in [1.29, 1.82) is 0 Å². The molecule has 0 aromatic heterocycles. The summed E-state index contributed by atoms with van der Waals surface area (Å²) in [5.41, 5.74) is 2.70. The average molecular weight is 278 g/mol. The number of carbonyl (C=O) groups excluding carboxylic acids is 1. The highest BCUT2D eigenvalue weighted by atomic mass is 16.1. The SMILES string of the molecule is C[C@H]1CC(Cc2ccccc2)[C@H](c2ccccc2)CC1=O. The van der Waals surface area contributed by atoms with E-state index in [4.69, 9.17) is 0 Å². The second kappa shape index (κ2) is 6.26. The van der Waals surface area contributed by atoms with Gasteiger partial charge in [-0.1, -0.05) is 67.6 Å². The molecule has 0 bridgehead atoms. The highest BCUT2D eigenvalue weighted by Gasteiger charge is 2.34. The van der Waals surface area contributed by atoms with Gasteiger partial charge in [-0.25, -0.2) is 0 Å². The molecular weight excluding hydrogens is 256 g/mol. The minimum Gasteiger partial charge on any atom is -0.299 e. The van der Waals surface area contributed by atoms with Gasteiger partial charge in [-0.3, -0.25) is 4.79 Å². The van der Waals surface area contributed by atoms with E-state index in [-0.39, 0.29) is 5.92 Å². The van der Waals surface area contributed by atoms with Crippen molar-refractivity contribution in [3.8, 4) is 0 Å². The summed E-state index contributed by atoms with van der Waals surface area (Å²) in [7, 11) is 0. The molecule has 3 atom stereocenters. The molecule has 1 aliphatic carbocycles. The van der Waals surface area contributed by atoms with Gasteiger partial charge in [-0.05, 0) is 35.8 Å². The molecule has 1 nitrogen and oxygen atoms in total. The maximum atomic E-state index is 12.2. The fraction of sp³-hybridized carbons (Fsp3) is 0.350. The topological polar surface area (TPSA) is 17.1 Å². The number of hydrogen-bond donors (Lipinski definition) is 0. The summed E-state index contributed by atoms with van der Waals surface area (Å²) in [5, 5.41) is 0. The fourth-order valence-electron chi connectivity index (χ4n) is 3.57. The Morgan fingerprint density at radius 2 is 1.57 bits per heavy atom. The first kappa shape index (κ1) is 14.1. The van der Waals surface area contributed by atoms with Crippen molar-refractivity contribution in [3.05, 3.63) is 71.8 Å². The maximum Gasteiger partial charge on any atom is 0.136 e. The third kappa shape index (κ3) is 3.24. The highest BCUT2D eigenvalue weighted by Crippen LogP contribution is 2.40. The van der Waals surface area contributed by atoms with E-state index in [0.29, 0.717) is 24.0 Å². The van der Waals surface area contributed by atoms with Gasteiger partial charge in [0.1, 0.15) is 5.78 Å². The first-order valence-electron chi connectivity index (χ1n) is 7.85. The maximum absolute atomic E-state index is 12.2. The van der Waals surface area contributed by atoms with Crippen molar-refractivity contribution in [2.24, 2.45) is 11.8 Å². The lowest BCUT2D eigenvalue weighted by Crippen LogP contribution is -2.30. The molecule has 1 heteroatoms. The van der Waals surface area contributed by atoms with E-state index < -0.39 is 0 Å². The summed E-state index contributed by atoms with van der Waals surface area (Å²) in [6, 6.07) is 21.2. The summed E-state index contributed by atoms with van der Waals surface area (Å²) < 4.78 is 0. The molecule has 0 aliphatic heterocycles. The van der Waals surface area contributed by atoms with Gasteiger partial charge >= 0.3 is 0 Å². The number of rotatable bonds is 3. The van der Waals surface area contributed by atoms with Crippen LogP contribution in [0.4, 0.5) is 0 Å². The van der Waals surface area contributed by atoms with E-state index in [0.717, 1.165) is 12.8 Å². The van der Waals surface area contributed by atoms with Gasteiger partial charge in [-0.15, -0.1) is 0 Å². The third-order valence-corrected chi connectivity index (χ3v) is 4.76. The van der Waals surface area contributed by atoms with E-state index in [2.05, 4.69) is 61.5 Å². The number of ketones is 1. The van der Waals surface area contributed by atoms with Gasteiger partial charge in [0.25, 0.3) is 0 Å². The molecule has 0 amide bonds. The second-order valence-electron chi connectivity index (χ2n) is 6.27. The number of benzene rings is 2. The van der Waals surface area contributed by atoms with Gasteiger partial charge in [0, 0.05) is 12.3 Å². The van der Waals surface area contributed by atoms with Gasteiger partial charge in [0.15, 0.2) is 0 Å². The second-order valence-corrected chi connectivity index (χ2v) is 6.27. The normalized spacial score (nSPS) is 25.8. The molecule has 3 rings (SSSR count). The van der Waals surface area contributed by atoms with Crippen LogP contribution in [0.15, 0.2) is 60.7 Å². The Bertz CT molecular complexity index is 588. The zero-order chi connectivity index (χ0) is 14.7. The minimum absolute atomic E-state index is 0.207. The Morgan fingerprint density at radius 1 is 0.952 bits per heavy atom. The van der Waals surface area contributed by atoms with Crippen LogP contribution in [0.3, 0.4) is 0 Å². The first-order chi connectivity index (χ1) is 10.2. The number of carbonyl (C=O) groups is 1. The minimum atomic E-state index is 0.207. The molecule has 2 aromatic rings. The van der Waals surface area contributed by atoms with Crippen LogP contribution in [0.25, 0.3) is 0 Å². The molecule has 0 N–H and O–H groups in total. The Hall–Kier alpha value is -1.89. The monoisotopic (exact) mass is 278 g/mol. The molecule has 1 aliphatic rings. The fourth-order valence-corrected chi connectivity index (χ4v) is 3.57. The standard InChI is InChI=1S/C20H22O/c1-15-12-18(13-16-8-4-2-5-9-16)19(14-20(15)21)17-10-6-3-7-11-17/h2-11,15,18-19H,12-14H2,1H3/t15-,18?,19-/m0/s1. The summed E-state index contributed by atoms with van der Waals surface area (Å²) in [4.78, 5) is 12.2. The van der Waals surface area contributed by atoms with Crippen molar-refractivity contribution in [2.75, 3.05) is 0 Å². The molecular formula is C20H22O. The third-order valence-electron chi connectivity index (χ3n) is 4.76. The van der Waals surface area contributed by atoms with Crippen LogP contribution in [0.2, 0.25) is 0 Å². The van der Waals surface area contributed by atoms with E-state index in [1.807, 2.05) is 6.07 Å². The smallest absolute Gasteiger partial charge is 0.136 e. The Morgan fingerprint density at radius 3 is 2.24 bits per heavy atom.